The maximum Gasteiger partial charge on any atom is 0.267 e. The molecule has 2 aromatic carbocycles. The van der Waals surface area contributed by atoms with Gasteiger partial charge in [-0.25, -0.2) is 9.67 Å². The van der Waals surface area contributed by atoms with Crippen LogP contribution in [0.2, 0.25) is 0 Å². The molecule has 0 atom stereocenters. The Labute approximate surface area is 208 Å². The molecule has 0 fully saturated rings. The van der Waals surface area contributed by atoms with Crippen LogP contribution < -0.4 is 19.8 Å². The minimum atomic E-state index is -0.202. The van der Waals surface area contributed by atoms with Gasteiger partial charge in [0.15, 0.2) is 11.4 Å². The minimum absolute atomic E-state index is 0.202. The molecule has 0 saturated carbocycles. The molecular weight excluding hydrogens is 456 g/mol. The van der Waals surface area contributed by atoms with Crippen LogP contribution in [0.15, 0.2) is 77.7 Å². The van der Waals surface area contributed by atoms with Gasteiger partial charge < -0.3 is 14.2 Å². The zero-order valence-electron chi connectivity index (χ0n) is 20.6. The van der Waals surface area contributed by atoms with Crippen molar-refractivity contribution in [3.05, 3.63) is 100 Å². The first-order valence-electron chi connectivity index (χ1n) is 11.5. The van der Waals surface area contributed by atoms with E-state index < -0.39 is 0 Å². The van der Waals surface area contributed by atoms with Crippen molar-refractivity contribution >= 4 is 5.65 Å². The number of hydrogen-bond donors (Lipinski definition) is 0. The van der Waals surface area contributed by atoms with E-state index in [4.69, 9.17) is 24.3 Å². The molecule has 182 valence electrons. The number of methoxy groups -OCH3 is 2. The van der Waals surface area contributed by atoms with E-state index in [9.17, 15) is 4.79 Å². The molecule has 0 aliphatic rings. The van der Waals surface area contributed by atoms with Crippen molar-refractivity contribution in [2.45, 2.75) is 20.5 Å². The summed E-state index contributed by atoms with van der Waals surface area (Å²) in [5.41, 5.74) is 4.62. The molecule has 5 rings (SSSR count). The van der Waals surface area contributed by atoms with Gasteiger partial charge in [0.1, 0.15) is 23.8 Å². The Kier molecular flexibility index (Phi) is 6.16. The number of benzene rings is 2. The van der Waals surface area contributed by atoms with Crippen molar-refractivity contribution in [3.63, 3.8) is 0 Å². The van der Waals surface area contributed by atoms with E-state index in [-0.39, 0.29) is 5.56 Å². The number of nitrogens with zero attached hydrogens (tertiary/aromatic N) is 4. The van der Waals surface area contributed by atoms with E-state index in [2.05, 4.69) is 0 Å². The quantitative estimate of drug-likeness (QED) is 0.333. The highest BCUT2D eigenvalue weighted by Crippen LogP contribution is 2.25. The smallest absolute Gasteiger partial charge is 0.267 e. The Balaban J connectivity index is 1.50. The predicted molar refractivity (Wildman–Crippen MR) is 137 cm³/mol. The molecule has 3 heterocycles. The average Bonchev–Trinajstić information content (AvgIpc) is 3.28. The summed E-state index contributed by atoms with van der Waals surface area (Å²) >= 11 is 0. The van der Waals surface area contributed by atoms with Crippen LogP contribution in [0.1, 0.15) is 17.0 Å². The largest absolute Gasteiger partial charge is 0.497 e. The Hall–Kier alpha value is -4.59. The van der Waals surface area contributed by atoms with Crippen molar-refractivity contribution < 1.29 is 14.2 Å². The molecule has 0 saturated heterocycles. The summed E-state index contributed by atoms with van der Waals surface area (Å²) in [6, 6.07) is 20.7. The summed E-state index contributed by atoms with van der Waals surface area (Å²) in [6.07, 6.45) is 1.70. The van der Waals surface area contributed by atoms with Crippen LogP contribution in [0, 0.1) is 13.8 Å². The van der Waals surface area contributed by atoms with E-state index in [1.165, 1.54) is 4.40 Å². The van der Waals surface area contributed by atoms with E-state index in [0.29, 0.717) is 35.0 Å². The minimum Gasteiger partial charge on any atom is -0.497 e. The van der Waals surface area contributed by atoms with Crippen molar-refractivity contribution in [3.8, 4) is 34.2 Å². The third-order valence-electron chi connectivity index (χ3n) is 6.01. The number of aryl methyl sites for hydroxylation is 2. The van der Waals surface area contributed by atoms with Crippen LogP contribution in [0.25, 0.3) is 22.6 Å². The average molecular weight is 483 g/mol. The van der Waals surface area contributed by atoms with Gasteiger partial charge in [-0.05, 0) is 74.0 Å². The molecule has 36 heavy (non-hydrogen) atoms. The molecule has 0 N–H and O–H groups in total. The van der Waals surface area contributed by atoms with Crippen molar-refractivity contribution in [2.24, 2.45) is 0 Å². The van der Waals surface area contributed by atoms with E-state index in [1.54, 1.807) is 31.2 Å². The highest BCUT2D eigenvalue weighted by atomic mass is 16.5. The number of ether oxygens (including phenoxy) is 3. The summed E-state index contributed by atoms with van der Waals surface area (Å²) in [7, 11) is 3.26. The molecule has 0 amide bonds. The van der Waals surface area contributed by atoms with Gasteiger partial charge in [-0.15, -0.1) is 0 Å². The van der Waals surface area contributed by atoms with Crippen LogP contribution in [0.3, 0.4) is 0 Å². The van der Waals surface area contributed by atoms with Gasteiger partial charge in [0.05, 0.1) is 31.2 Å². The lowest BCUT2D eigenvalue weighted by molar-refractivity contribution is 0.307. The Bertz CT molecular complexity index is 1590. The van der Waals surface area contributed by atoms with Crippen LogP contribution in [-0.4, -0.2) is 33.4 Å². The molecular formula is C28H26N4O4. The fraction of sp³-hybridized carbons (Fsp3) is 0.179. The first-order chi connectivity index (χ1) is 17.5. The fourth-order valence-corrected chi connectivity index (χ4v) is 4.12. The van der Waals surface area contributed by atoms with Crippen molar-refractivity contribution in [1.82, 2.24) is 19.2 Å². The SMILES string of the molecule is COc1ccc(COc2cccn3c(=O)c(-c4cc(C)n(-c5ccc(OC)cc5)n4)c(C)nc23)cc1. The van der Waals surface area contributed by atoms with Gasteiger partial charge in [-0.1, -0.05) is 12.1 Å². The number of fused-ring (bicyclic) bond motifs is 1. The normalized spacial score (nSPS) is 11.0. The lowest BCUT2D eigenvalue weighted by atomic mass is 10.1. The number of pyridine rings is 1. The molecule has 0 aliphatic heterocycles. The zero-order chi connectivity index (χ0) is 25.2. The first kappa shape index (κ1) is 23.2. The molecule has 0 aliphatic carbocycles. The number of aromatic nitrogens is 4. The van der Waals surface area contributed by atoms with Crippen LogP contribution in [-0.2, 0) is 6.61 Å². The maximum atomic E-state index is 13.6. The first-order valence-corrected chi connectivity index (χ1v) is 11.5. The lowest BCUT2D eigenvalue weighted by Crippen LogP contribution is -2.19. The summed E-state index contributed by atoms with van der Waals surface area (Å²) in [5.74, 6) is 2.08. The van der Waals surface area contributed by atoms with Crippen LogP contribution in [0.5, 0.6) is 17.2 Å². The van der Waals surface area contributed by atoms with Crippen molar-refractivity contribution in [2.75, 3.05) is 14.2 Å². The summed E-state index contributed by atoms with van der Waals surface area (Å²) in [5, 5.41) is 4.73. The number of hydrogen-bond acceptors (Lipinski definition) is 6. The molecule has 3 aromatic heterocycles. The summed E-state index contributed by atoms with van der Waals surface area (Å²) in [6.45, 7) is 4.11. The monoisotopic (exact) mass is 482 g/mol. The van der Waals surface area contributed by atoms with Gasteiger partial charge in [-0.3, -0.25) is 9.20 Å². The van der Waals surface area contributed by atoms with E-state index in [0.717, 1.165) is 28.4 Å². The third kappa shape index (κ3) is 4.29. The molecule has 8 heteroatoms. The second-order valence-electron chi connectivity index (χ2n) is 8.36. The molecule has 0 unspecified atom stereocenters. The van der Waals surface area contributed by atoms with E-state index >= 15 is 0 Å². The third-order valence-corrected chi connectivity index (χ3v) is 6.01. The molecule has 0 bridgehead atoms. The van der Waals surface area contributed by atoms with Crippen LogP contribution >= 0.6 is 0 Å². The van der Waals surface area contributed by atoms with Gasteiger partial charge in [0.25, 0.3) is 5.56 Å². The summed E-state index contributed by atoms with van der Waals surface area (Å²) < 4.78 is 19.8. The topological polar surface area (TPSA) is 79.9 Å². The maximum absolute atomic E-state index is 13.6. The molecule has 5 aromatic rings. The Morgan fingerprint density at radius 3 is 2.22 bits per heavy atom. The second kappa shape index (κ2) is 9.58. The van der Waals surface area contributed by atoms with Crippen molar-refractivity contribution in [1.29, 1.82) is 0 Å². The summed E-state index contributed by atoms with van der Waals surface area (Å²) in [4.78, 5) is 18.3. The molecule has 0 spiro atoms. The predicted octanol–water partition coefficient (Wildman–Crippen LogP) is 4.76. The second-order valence-corrected chi connectivity index (χ2v) is 8.36. The lowest BCUT2D eigenvalue weighted by Gasteiger charge is -2.12. The highest BCUT2D eigenvalue weighted by molar-refractivity contribution is 5.65. The van der Waals surface area contributed by atoms with Gasteiger partial charge in [-0.2, -0.15) is 5.10 Å². The van der Waals surface area contributed by atoms with Gasteiger partial charge in [0.2, 0.25) is 0 Å². The van der Waals surface area contributed by atoms with Gasteiger partial charge in [0, 0.05) is 11.9 Å². The zero-order valence-corrected chi connectivity index (χ0v) is 20.6. The Morgan fingerprint density at radius 2 is 1.56 bits per heavy atom. The molecule has 0 radical (unpaired) electrons. The number of rotatable bonds is 7. The van der Waals surface area contributed by atoms with Gasteiger partial charge >= 0.3 is 0 Å². The van der Waals surface area contributed by atoms with Crippen LogP contribution in [0.4, 0.5) is 0 Å². The standard InChI is InChI=1S/C28H26N4O4/c1-18-16-24(30-32(18)21-9-13-23(35-4)14-10-21)26-19(2)29-27-25(6-5-15-31(27)28(26)33)36-17-20-7-11-22(34-3)12-8-20/h5-16H,17H2,1-4H3. The fourth-order valence-electron chi connectivity index (χ4n) is 4.12. The van der Waals surface area contributed by atoms with E-state index in [1.807, 2.05) is 74.5 Å². The Morgan fingerprint density at radius 1 is 0.889 bits per heavy atom. The molecule has 8 nitrogen and oxygen atoms in total. The highest BCUT2D eigenvalue weighted by Gasteiger charge is 2.18.